The topological polar surface area (TPSA) is 40.1 Å². The summed E-state index contributed by atoms with van der Waals surface area (Å²) in [6.45, 7) is 10.7. The van der Waals surface area contributed by atoms with E-state index in [0.29, 0.717) is 12.0 Å². The van der Waals surface area contributed by atoms with Gasteiger partial charge < -0.3 is 15.0 Å². The van der Waals surface area contributed by atoms with Gasteiger partial charge in [0.05, 0.1) is 6.10 Å². The molecule has 6 heteroatoms. The number of likely N-dealkylation sites (tertiary alicyclic amines) is 1. The summed E-state index contributed by atoms with van der Waals surface area (Å²) in [4.78, 5) is 9.52. The van der Waals surface area contributed by atoms with E-state index >= 15 is 0 Å². The molecule has 1 N–H and O–H groups in total. The zero-order valence-electron chi connectivity index (χ0n) is 16.9. The van der Waals surface area contributed by atoms with Crippen LogP contribution in [0.15, 0.2) is 35.3 Å². The number of aliphatic imine (C=N–C) groups is 1. The van der Waals surface area contributed by atoms with E-state index in [9.17, 15) is 0 Å². The highest BCUT2D eigenvalue weighted by Crippen LogP contribution is 2.33. The van der Waals surface area contributed by atoms with E-state index in [1.165, 1.54) is 12.0 Å². The molecule has 2 aliphatic rings. The molecule has 152 valence electrons. The van der Waals surface area contributed by atoms with E-state index in [0.717, 1.165) is 51.7 Å². The maximum atomic E-state index is 6.02. The van der Waals surface area contributed by atoms with Crippen molar-refractivity contribution in [3.05, 3.63) is 35.9 Å². The van der Waals surface area contributed by atoms with Crippen LogP contribution in [0, 0.1) is 5.92 Å². The Hall–Kier alpha value is -0.860. The first kappa shape index (κ1) is 22.4. The summed E-state index contributed by atoms with van der Waals surface area (Å²) in [6.07, 6.45) is 2.52. The SMILES string of the molecule is CCN(CC)C1CCN(C(=NC)NCC2CCOC2c2ccccc2)C1.I. The molecule has 0 aliphatic carbocycles. The van der Waals surface area contributed by atoms with Crippen LogP contribution >= 0.6 is 24.0 Å². The first-order valence-electron chi connectivity index (χ1n) is 10.1. The minimum Gasteiger partial charge on any atom is -0.373 e. The van der Waals surface area contributed by atoms with Gasteiger partial charge in [-0.15, -0.1) is 24.0 Å². The van der Waals surface area contributed by atoms with Gasteiger partial charge in [0.25, 0.3) is 0 Å². The number of ether oxygens (including phenoxy) is 1. The van der Waals surface area contributed by atoms with Gasteiger partial charge in [-0.2, -0.15) is 0 Å². The van der Waals surface area contributed by atoms with Crippen LogP contribution in [0.3, 0.4) is 0 Å². The fourth-order valence-electron chi connectivity index (χ4n) is 4.38. The minimum atomic E-state index is 0. The average Bonchev–Trinajstić information content (AvgIpc) is 3.34. The second kappa shape index (κ2) is 11.2. The van der Waals surface area contributed by atoms with Crippen LogP contribution in [0.1, 0.15) is 38.4 Å². The molecule has 0 aromatic heterocycles. The van der Waals surface area contributed by atoms with E-state index in [1.807, 2.05) is 7.05 Å². The number of nitrogens with zero attached hydrogens (tertiary/aromatic N) is 3. The molecule has 2 fully saturated rings. The highest BCUT2D eigenvalue weighted by Gasteiger charge is 2.31. The van der Waals surface area contributed by atoms with Crippen molar-refractivity contribution in [3.63, 3.8) is 0 Å². The molecular formula is C21H35IN4O. The molecular weight excluding hydrogens is 451 g/mol. The number of hydrogen-bond acceptors (Lipinski definition) is 3. The lowest BCUT2D eigenvalue weighted by Crippen LogP contribution is -2.44. The lowest BCUT2D eigenvalue weighted by Gasteiger charge is -2.28. The fourth-order valence-corrected chi connectivity index (χ4v) is 4.38. The predicted octanol–water partition coefficient (Wildman–Crippen LogP) is 3.37. The summed E-state index contributed by atoms with van der Waals surface area (Å²) in [6, 6.07) is 11.2. The van der Waals surface area contributed by atoms with Crippen LogP contribution in [-0.4, -0.2) is 68.2 Å². The van der Waals surface area contributed by atoms with E-state index in [2.05, 4.69) is 64.3 Å². The maximum absolute atomic E-state index is 6.02. The molecule has 2 aliphatic heterocycles. The number of hydrogen-bond donors (Lipinski definition) is 1. The molecule has 3 unspecified atom stereocenters. The van der Waals surface area contributed by atoms with Gasteiger partial charge in [0.2, 0.25) is 0 Å². The summed E-state index contributed by atoms with van der Waals surface area (Å²) in [5, 5.41) is 3.63. The second-order valence-electron chi connectivity index (χ2n) is 7.29. The number of benzene rings is 1. The Balaban J connectivity index is 0.00000261. The van der Waals surface area contributed by atoms with Crippen LogP contribution in [0.25, 0.3) is 0 Å². The Bertz CT molecular complexity index is 579. The van der Waals surface area contributed by atoms with Crippen LogP contribution in [0.2, 0.25) is 0 Å². The molecule has 0 amide bonds. The van der Waals surface area contributed by atoms with Crippen molar-refractivity contribution in [3.8, 4) is 0 Å². The highest BCUT2D eigenvalue weighted by atomic mass is 127. The summed E-state index contributed by atoms with van der Waals surface area (Å²) in [7, 11) is 1.90. The van der Waals surface area contributed by atoms with Crippen LogP contribution in [-0.2, 0) is 4.74 Å². The van der Waals surface area contributed by atoms with E-state index in [4.69, 9.17) is 4.74 Å². The Morgan fingerprint density at radius 3 is 2.63 bits per heavy atom. The monoisotopic (exact) mass is 486 g/mol. The molecule has 2 heterocycles. The summed E-state index contributed by atoms with van der Waals surface area (Å²) in [5.41, 5.74) is 1.29. The van der Waals surface area contributed by atoms with Crippen molar-refractivity contribution < 1.29 is 4.74 Å². The smallest absolute Gasteiger partial charge is 0.193 e. The molecule has 3 rings (SSSR count). The third-order valence-electron chi connectivity index (χ3n) is 5.87. The van der Waals surface area contributed by atoms with Gasteiger partial charge in [0.15, 0.2) is 5.96 Å². The number of likely N-dealkylation sites (N-methyl/N-ethyl adjacent to an activating group) is 1. The predicted molar refractivity (Wildman–Crippen MR) is 123 cm³/mol. The average molecular weight is 486 g/mol. The third-order valence-corrected chi connectivity index (χ3v) is 5.87. The Labute approximate surface area is 181 Å². The van der Waals surface area contributed by atoms with E-state index in [1.54, 1.807) is 0 Å². The first-order chi connectivity index (χ1) is 12.8. The van der Waals surface area contributed by atoms with Gasteiger partial charge in [-0.05, 0) is 31.5 Å². The molecule has 5 nitrogen and oxygen atoms in total. The number of rotatable bonds is 6. The largest absolute Gasteiger partial charge is 0.373 e. The van der Waals surface area contributed by atoms with Crippen molar-refractivity contribution in [1.82, 2.24) is 15.1 Å². The molecule has 27 heavy (non-hydrogen) atoms. The minimum absolute atomic E-state index is 0. The van der Waals surface area contributed by atoms with Crippen molar-refractivity contribution in [2.45, 2.75) is 38.8 Å². The molecule has 0 spiro atoms. The summed E-state index contributed by atoms with van der Waals surface area (Å²) < 4.78 is 6.02. The van der Waals surface area contributed by atoms with Gasteiger partial charge >= 0.3 is 0 Å². The van der Waals surface area contributed by atoms with Crippen molar-refractivity contribution >= 4 is 29.9 Å². The van der Waals surface area contributed by atoms with Crippen molar-refractivity contribution in [2.24, 2.45) is 10.9 Å². The van der Waals surface area contributed by atoms with Gasteiger partial charge in [-0.25, -0.2) is 0 Å². The zero-order chi connectivity index (χ0) is 18.4. The zero-order valence-corrected chi connectivity index (χ0v) is 19.3. The third kappa shape index (κ3) is 5.57. The second-order valence-corrected chi connectivity index (χ2v) is 7.29. The molecule has 3 atom stereocenters. The molecule has 1 aromatic rings. The Kier molecular flexibility index (Phi) is 9.32. The molecule has 1 aromatic carbocycles. The quantitative estimate of drug-likeness (QED) is 0.381. The van der Waals surface area contributed by atoms with Crippen LogP contribution < -0.4 is 5.32 Å². The van der Waals surface area contributed by atoms with E-state index in [-0.39, 0.29) is 30.1 Å². The molecule has 2 saturated heterocycles. The van der Waals surface area contributed by atoms with E-state index < -0.39 is 0 Å². The van der Waals surface area contributed by atoms with Gasteiger partial charge in [-0.1, -0.05) is 44.2 Å². The normalized spacial score (nSPS) is 25.7. The van der Waals surface area contributed by atoms with Crippen LogP contribution in [0.4, 0.5) is 0 Å². The highest BCUT2D eigenvalue weighted by molar-refractivity contribution is 14.0. The Morgan fingerprint density at radius 2 is 1.96 bits per heavy atom. The van der Waals surface area contributed by atoms with Gasteiger partial charge in [0, 0.05) is 45.2 Å². The maximum Gasteiger partial charge on any atom is 0.193 e. The van der Waals surface area contributed by atoms with Crippen LogP contribution in [0.5, 0.6) is 0 Å². The van der Waals surface area contributed by atoms with Crippen molar-refractivity contribution in [2.75, 3.05) is 46.4 Å². The molecule has 0 radical (unpaired) electrons. The lowest BCUT2D eigenvalue weighted by atomic mass is 9.95. The summed E-state index contributed by atoms with van der Waals surface area (Å²) >= 11 is 0. The number of nitrogens with one attached hydrogen (secondary N) is 1. The number of halogens is 1. The standard InChI is InChI=1S/C21H34N4O.HI/c1-4-24(5-2)19-11-13-25(16-19)21(22-3)23-15-18-12-14-26-20(18)17-9-7-6-8-10-17;/h6-10,18-20H,4-5,11-16H2,1-3H3,(H,22,23);1H. The van der Waals surface area contributed by atoms with Crippen molar-refractivity contribution in [1.29, 1.82) is 0 Å². The lowest BCUT2D eigenvalue weighted by molar-refractivity contribution is 0.0913. The first-order valence-corrected chi connectivity index (χ1v) is 10.1. The Morgan fingerprint density at radius 1 is 1.22 bits per heavy atom. The fraction of sp³-hybridized carbons (Fsp3) is 0.667. The summed E-state index contributed by atoms with van der Waals surface area (Å²) in [5.74, 6) is 1.54. The molecule has 0 saturated carbocycles. The number of guanidine groups is 1. The van der Waals surface area contributed by atoms with Gasteiger partial charge in [-0.3, -0.25) is 9.89 Å². The molecule has 0 bridgehead atoms. The van der Waals surface area contributed by atoms with Gasteiger partial charge in [0.1, 0.15) is 0 Å².